The third-order valence-electron chi connectivity index (χ3n) is 3.96. The number of fused-ring (bicyclic) bond motifs is 1. The van der Waals surface area contributed by atoms with Gasteiger partial charge in [0.1, 0.15) is 0 Å². The van der Waals surface area contributed by atoms with Gasteiger partial charge < -0.3 is 4.90 Å². The van der Waals surface area contributed by atoms with Crippen LogP contribution in [0.4, 0.5) is 0 Å². The Morgan fingerprint density at radius 3 is 2.59 bits per heavy atom. The monoisotopic (exact) mass is 229 g/mol. The van der Waals surface area contributed by atoms with Gasteiger partial charge in [0.25, 0.3) is 5.91 Å². The Balaban J connectivity index is 2.16. The van der Waals surface area contributed by atoms with E-state index in [0.29, 0.717) is 5.92 Å². The standard InChI is InChI=1S/C15H19NO/c1-9(2)11-6-12(10-4-5-10)14-8-16(3)15(17)13(14)7-11/h6-7,9-10H,4-5,8H2,1-3H3. The average Bonchev–Trinajstić information content (AvgIpc) is 3.07. The second-order valence-electron chi connectivity index (χ2n) is 5.73. The first-order valence-corrected chi connectivity index (χ1v) is 6.50. The van der Waals surface area contributed by atoms with Gasteiger partial charge in [0.2, 0.25) is 0 Å². The maximum Gasteiger partial charge on any atom is 0.254 e. The molecule has 0 aromatic heterocycles. The smallest absolute Gasteiger partial charge is 0.254 e. The van der Waals surface area contributed by atoms with Crippen LogP contribution in [0.5, 0.6) is 0 Å². The van der Waals surface area contributed by atoms with Crippen molar-refractivity contribution in [1.82, 2.24) is 4.90 Å². The zero-order valence-electron chi connectivity index (χ0n) is 10.8. The summed E-state index contributed by atoms with van der Waals surface area (Å²) in [5, 5.41) is 0. The largest absolute Gasteiger partial charge is 0.337 e. The molecule has 1 aromatic rings. The number of amides is 1. The summed E-state index contributed by atoms with van der Waals surface area (Å²) >= 11 is 0. The van der Waals surface area contributed by atoms with Crippen LogP contribution >= 0.6 is 0 Å². The summed E-state index contributed by atoms with van der Waals surface area (Å²) in [5.74, 6) is 1.42. The summed E-state index contributed by atoms with van der Waals surface area (Å²) in [5.41, 5.74) is 5.02. The molecule has 17 heavy (non-hydrogen) atoms. The lowest BCUT2D eigenvalue weighted by molar-refractivity contribution is 0.0816. The van der Waals surface area contributed by atoms with Crippen LogP contribution in [-0.4, -0.2) is 17.9 Å². The molecule has 1 aliphatic heterocycles. The van der Waals surface area contributed by atoms with Crippen molar-refractivity contribution in [3.05, 3.63) is 34.4 Å². The first-order valence-electron chi connectivity index (χ1n) is 6.50. The molecule has 0 unspecified atom stereocenters. The van der Waals surface area contributed by atoms with E-state index in [4.69, 9.17) is 0 Å². The molecule has 3 rings (SSSR count). The van der Waals surface area contributed by atoms with Crippen molar-refractivity contribution in [2.45, 2.75) is 45.1 Å². The molecule has 1 heterocycles. The van der Waals surface area contributed by atoms with Crippen LogP contribution in [0.3, 0.4) is 0 Å². The van der Waals surface area contributed by atoms with E-state index in [2.05, 4.69) is 26.0 Å². The van der Waals surface area contributed by atoms with Crippen LogP contribution in [-0.2, 0) is 6.54 Å². The first-order chi connectivity index (χ1) is 8.08. The van der Waals surface area contributed by atoms with Gasteiger partial charge in [-0.2, -0.15) is 0 Å². The van der Waals surface area contributed by atoms with Gasteiger partial charge in [-0.25, -0.2) is 0 Å². The highest BCUT2D eigenvalue weighted by Crippen LogP contribution is 2.45. The van der Waals surface area contributed by atoms with Crippen molar-refractivity contribution >= 4 is 5.91 Å². The molecule has 1 aliphatic carbocycles. The van der Waals surface area contributed by atoms with Crippen LogP contribution in [0, 0.1) is 0 Å². The van der Waals surface area contributed by atoms with E-state index in [9.17, 15) is 4.79 Å². The molecule has 90 valence electrons. The molecule has 1 fully saturated rings. The van der Waals surface area contributed by atoms with Crippen LogP contribution < -0.4 is 0 Å². The van der Waals surface area contributed by atoms with Crippen molar-refractivity contribution in [2.75, 3.05) is 7.05 Å². The SMILES string of the molecule is CC(C)c1cc2c(c(C3CC3)c1)CN(C)C2=O. The van der Waals surface area contributed by atoms with E-state index in [1.807, 2.05) is 11.9 Å². The highest BCUT2D eigenvalue weighted by molar-refractivity contribution is 5.99. The van der Waals surface area contributed by atoms with Gasteiger partial charge in [-0.1, -0.05) is 19.9 Å². The number of hydrogen-bond acceptors (Lipinski definition) is 1. The molecule has 1 aromatic carbocycles. The summed E-state index contributed by atoms with van der Waals surface area (Å²) in [4.78, 5) is 13.9. The van der Waals surface area contributed by atoms with Crippen molar-refractivity contribution in [3.63, 3.8) is 0 Å². The molecule has 0 radical (unpaired) electrons. The minimum atomic E-state index is 0.199. The summed E-state index contributed by atoms with van der Waals surface area (Å²) in [7, 11) is 1.90. The Morgan fingerprint density at radius 1 is 1.29 bits per heavy atom. The fraction of sp³-hybridized carbons (Fsp3) is 0.533. The third kappa shape index (κ3) is 1.67. The summed E-state index contributed by atoms with van der Waals surface area (Å²) in [6.07, 6.45) is 2.60. The third-order valence-corrected chi connectivity index (χ3v) is 3.96. The predicted molar refractivity (Wildman–Crippen MR) is 68.3 cm³/mol. The topological polar surface area (TPSA) is 20.3 Å². The van der Waals surface area contributed by atoms with E-state index in [-0.39, 0.29) is 5.91 Å². The van der Waals surface area contributed by atoms with E-state index in [1.54, 1.807) is 0 Å². The van der Waals surface area contributed by atoms with Crippen molar-refractivity contribution in [1.29, 1.82) is 0 Å². The summed E-state index contributed by atoms with van der Waals surface area (Å²) in [6, 6.07) is 4.45. The number of rotatable bonds is 2. The molecule has 2 aliphatic rings. The lowest BCUT2D eigenvalue weighted by Gasteiger charge is -2.12. The van der Waals surface area contributed by atoms with Crippen LogP contribution in [0.15, 0.2) is 12.1 Å². The molecule has 2 nitrogen and oxygen atoms in total. The zero-order chi connectivity index (χ0) is 12.2. The van der Waals surface area contributed by atoms with Crippen LogP contribution in [0.2, 0.25) is 0 Å². The molecule has 1 amide bonds. The van der Waals surface area contributed by atoms with Crippen LogP contribution in [0.1, 0.15) is 65.6 Å². The number of benzene rings is 1. The quantitative estimate of drug-likeness (QED) is 0.762. The Bertz CT molecular complexity index is 486. The molecule has 2 heteroatoms. The Hall–Kier alpha value is -1.31. The molecule has 0 saturated heterocycles. The molecule has 1 saturated carbocycles. The maximum absolute atomic E-state index is 12.1. The molecule has 0 bridgehead atoms. The van der Waals surface area contributed by atoms with Crippen LogP contribution in [0.25, 0.3) is 0 Å². The number of carbonyl (C=O) groups excluding carboxylic acids is 1. The molecule has 0 spiro atoms. The normalized spacial score (nSPS) is 19.1. The van der Waals surface area contributed by atoms with Gasteiger partial charge >= 0.3 is 0 Å². The number of nitrogens with zero attached hydrogens (tertiary/aromatic N) is 1. The van der Waals surface area contributed by atoms with E-state index in [0.717, 1.165) is 18.0 Å². The fourth-order valence-corrected chi connectivity index (χ4v) is 2.69. The molecule has 0 N–H and O–H groups in total. The minimum Gasteiger partial charge on any atom is -0.337 e. The van der Waals surface area contributed by atoms with Gasteiger partial charge in [0.15, 0.2) is 0 Å². The van der Waals surface area contributed by atoms with Crippen molar-refractivity contribution in [2.24, 2.45) is 0 Å². The number of hydrogen-bond donors (Lipinski definition) is 0. The van der Waals surface area contributed by atoms with Gasteiger partial charge in [0, 0.05) is 19.2 Å². The Labute approximate surface area is 103 Å². The fourth-order valence-electron chi connectivity index (χ4n) is 2.69. The van der Waals surface area contributed by atoms with Crippen molar-refractivity contribution in [3.8, 4) is 0 Å². The zero-order valence-corrected chi connectivity index (χ0v) is 10.8. The van der Waals surface area contributed by atoms with Gasteiger partial charge in [0.05, 0.1) is 0 Å². The van der Waals surface area contributed by atoms with Gasteiger partial charge in [-0.3, -0.25) is 4.79 Å². The van der Waals surface area contributed by atoms with Crippen molar-refractivity contribution < 1.29 is 4.79 Å². The first kappa shape index (κ1) is 10.8. The van der Waals surface area contributed by atoms with E-state index >= 15 is 0 Å². The second kappa shape index (κ2) is 3.59. The lowest BCUT2D eigenvalue weighted by atomic mass is 9.92. The predicted octanol–water partition coefficient (Wildman–Crippen LogP) is 3.27. The summed E-state index contributed by atoms with van der Waals surface area (Å²) < 4.78 is 0. The Morgan fingerprint density at radius 2 is 2.00 bits per heavy atom. The highest BCUT2D eigenvalue weighted by atomic mass is 16.2. The molecule has 0 atom stereocenters. The minimum absolute atomic E-state index is 0.199. The lowest BCUT2D eigenvalue weighted by Crippen LogP contribution is -2.17. The van der Waals surface area contributed by atoms with Gasteiger partial charge in [-0.05, 0) is 47.4 Å². The van der Waals surface area contributed by atoms with E-state index < -0.39 is 0 Å². The summed E-state index contributed by atoms with van der Waals surface area (Å²) in [6.45, 7) is 5.20. The second-order valence-corrected chi connectivity index (χ2v) is 5.73. The maximum atomic E-state index is 12.1. The highest BCUT2D eigenvalue weighted by Gasteiger charge is 2.33. The van der Waals surface area contributed by atoms with E-state index in [1.165, 1.54) is 29.5 Å². The average molecular weight is 229 g/mol. The molecular weight excluding hydrogens is 210 g/mol. The number of carbonyl (C=O) groups is 1. The van der Waals surface area contributed by atoms with Gasteiger partial charge in [-0.15, -0.1) is 0 Å². The molecular formula is C15H19NO. The Kier molecular flexibility index (Phi) is 2.29.